The molecule has 0 saturated carbocycles. The molecule has 8 heteroatoms. The van der Waals surface area contributed by atoms with E-state index in [1.165, 1.54) is 7.05 Å². The lowest BCUT2D eigenvalue weighted by Crippen LogP contribution is -2.27. The van der Waals surface area contributed by atoms with Gasteiger partial charge in [-0.1, -0.05) is 12.1 Å². The van der Waals surface area contributed by atoms with Crippen LogP contribution in [0.3, 0.4) is 0 Å². The minimum atomic E-state index is -3.41. The summed E-state index contributed by atoms with van der Waals surface area (Å²) >= 11 is 0. The molecule has 0 aromatic heterocycles. The maximum Gasteiger partial charge on any atom is 0.251 e. The molecule has 0 bridgehead atoms. The number of anilines is 1. The fourth-order valence-electron chi connectivity index (χ4n) is 2.60. The molecule has 2 aromatic rings. The largest absolute Gasteiger partial charge is 0.454 e. The van der Waals surface area contributed by atoms with Crippen molar-refractivity contribution >= 4 is 21.6 Å². The van der Waals surface area contributed by atoms with Crippen molar-refractivity contribution in [2.75, 3.05) is 24.4 Å². The van der Waals surface area contributed by atoms with Gasteiger partial charge in [-0.3, -0.25) is 9.10 Å². The molecular formula is C18H20N2O5S. The van der Waals surface area contributed by atoms with E-state index in [0.29, 0.717) is 29.3 Å². The van der Waals surface area contributed by atoms with Crippen molar-refractivity contribution in [3.05, 3.63) is 53.1 Å². The predicted octanol–water partition coefficient (Wildman–Crippen LogP) is 2.05. The van der Waals surface area contributed by atoms with Crippen LogP contribution in [0.2, 0.25) is 0 Å². The minimum Gasteiger partial charge on any atom is -0.454 e. The zero-order valence-corrected chi connectivity index (χ0v) is 15.6. The molecule has 1 N–H and O–H groups in total. The van der Waals surface area contributed by atoms with E-state index in [1.54, 1.807) is 31.2 Å². The van der Waals surface area contributed by atoms with Gasteiger partial charge < -0.3 is 14.8 Å². The number of hydrogen-bond acceptors (Lipinski definition) is 5. The average Bonchev–Trinajstić information content (AvgIpc) is 3.06. The quantitative estimate of drug-likeness (QED) is 0.863. The SMILES string of the molecule is Cc1ccc(C(=O)NCc2ccc3c(c2)OCO3)cc1N(C)S(C)(=O)=O. The molecule has 0 unspecified atom stereocenters. The van der Waals surface area contributed by atoms with Crippen molar-refractivity contribution in [2.45, 2.75) is 13.5 Å². The Morgan fingerprint density at radius 2 is 1.88 bits per heavy atom. The van der Waals surface area contributed by atoms with Crippen LogP contribution in [0.1, 0.15) is 21.5 Å². The van der Waals surface area contributed by atoms with Crippen LogP contribution in [0.5, 0.6) is 11.5 Å². The molecule has 26 heavy (non-hydrogen) atoms. The van der Waals surface area contributed by atoms with Crippen molar-refractivity contribution < 1.29 is 22.7 Å². The molecular weight excluding hydrogens is 356 g/mol. The molecule has 1 aliphatic heterocycles. The zero-order chi connectivity index (χ0) is 18.9. The number of carbonyl (C=O) groups excluding carboxylic acids is 1. The van der Waals surface area contributed by atoms with Gasteiger partial charge in [0.05, 0.1) is 11.9 Å². The third kappa shape index (κ3) is 3.75. The van der Waals surface area contributed by atoms with E-state index in [1.807, 2.05) is 12.1 Å². The second-order valence-electron chi connectivity index (χ2n) is 6.10. The fourth-order valence-corrected chi connectivity index (χ4v) is 3.16. The molecule has 1 heterocycles. The van der Waals surface area contributed by atoms with Gasteiger partial charge in [0, 0.05) is 19.2 Å². The lowest BCUT2D eigenvalue weighted by Gasteiger charge is -2.19. The first-order valence-electron chi connectivity index (χ1n) is 7.97. The van der Waals surface area contributed by atoms with Gasteiger partial charge in [-0.15, -0.1) is 0 Å². The molecule has 2 aromatic carbocycles. The summed E-state index contributed by atoms with van der Waals surface area (Å²) in [4.78, 5) is 12.5. The number of aryl methyl sites for hydroxylation is 1. The molecule has 1 amide bonds. The van der Waals surface area contributed by atoms with Crippen molar-refractivity contribution in [1.29, 1.82) is 0 Å². The van der Waals surface area contributed by atoms with Crippen molar-refractivity contribution in [1.82, 2.24) is 5.32 Å². The Morgan fingerprint density at radius 1 is 1.15 bits per heavy atom. The Hall–Kier alpha value is -2.74. The summed E-state index contributed by atoms with van der Waals surface area (Å²) in [6.07, 6.45) is 1.12. The van der Waals surface area contributed by atoms with Crippen LogP contribution < -0.4 is 19.1 Å². The Kier molecular flexibility index (Phi) is 4.78. The molecule has 0 fully saturated rings. The summed E-state index contributed by atoms with van der Waals surface area (Å²) in [5.41, 5.74) is 2.51. The van der Waals surface area contributed by atoms with Crippen LogP contribution in [0.15, 0.2) is 36.4 Å². The first-order valence-corrected chi connectivity index (χ1v) is 9.82. The topological polar surface area (TPSA) is 84.9 Å². The van der Waals surface area contributed by atoms with Gasteiger partial charge in [-0.2, -0.15) is 0 Å². The van der Waals surface area contributed by atoms with Crippen LogP contribution in [0, 0.1) is 6.92 Å². The summed E-state index contributed by atoms with van der Waals surface area (Å²) in [6.45, 7) is 2.32. The number of fused-ring (bicyclic) bond motifs is 1. The predicted molar refractivity (Wildman–Crippen MR) is 98.2 cm³/mol. The van der Waals surface area contributed by atoms with E-state index in [-0.39, 0.29) is 12.7 Å². The number of hydrogen-bond donors (Lipinski definition) is 1. The summed E-state index contributed by atoms with van der Waals surface area (Å²) < 4.78 is 35.3. The highest BCUT2D eigenvalue weighted by Crippen LogP contribution is 2.32. The molecule has 0 spiro atoms. The summed E-state index contributed by atoms with van der Waals surface area (Å²) in [7, 11) is -1.94. The van der Waals surface area contributed by atoms with Crippen LogP contribution >= 0.6 is 0 Å². The van der Waals surface area contributed by atoms with E-state index in [2.05, 4.69) is 5.32 Å². The first kappa shape index (κ1) is 18.1. The third-order valence-electron chi connectivity index (χ3n) is 4.20. The highest BCUT2D eigenvalue weighted by molar-refractivity contribution is 7.92. The standard InChI is InChI=1S/C18H20N2O5S/c1-12-4-6-14(9-15(12)20(2)26(3,22)23)18(21)19-10-13-5-7-16-17(8-13)25-11-24-16/h4-9H,10-11H2,1-3H3,(H,19,21). The molecule has 0 saturated heterocycles. The van der Waals surface area contributed by atoms with Gasteiger partial charge in [-0.05, 0) is 42.3 Å². The molecule has 0 radical (unpaired) electrons. The number of sulfonamides is 1. The van der Waals surface area contributed by atoms with Crippen molar-refractivity contribution in [2.24, 2.45) is 0 Å². The Bertz CT molecular complexity index is 956. The Labute approximate surface area is 152 Å². The number of carbonyl (C=O) groups is 1. The third-order valence-corrected chi connectivity index (χ3v) is 5.39. The van der Waals surface area contributed by atoms with Gasteiger partial charge >= 0.3 is 0 Å². The zero-order valence-electron chi connectivity index (χ0n) is 14.8. The molecule has 3 rings (SSSR count). The van der Waals surface area contributed by atoms with Gasteiger partial charge in [0.15, 0.2) is 11.5 Å². The summed E-state index contributed by atoms with van der Waals surface area (Å²) in [5.74, 6) is 1.06. The molecule has 0 aliphatic carbocycles. The smallest absolute Gasteiger partial charge is 0.251 e. The van der Waals surface area contributed by atoms with E-state index in [9.17, 15) is 13.2 Å². The van der Waals surface area contributed by atoms with E-state index < -0.39 is 10.0 Å². The highest BCUT2D eigenvalue weighted by atomic mass is 32.2. The summed E-state index contributed by atoms with van der Waals surface area (Å²) in [5, 5.41) is 2.83. The molecule has 138 valence electrons. The van der Waals surface area contributed by atoms with Gasteiger partial charge in [0.1, 0.15) is 0 Å². The molecule has 7 nitrogen and oxygen atoms in total. The fraction of sp³-hybridized carbons (Fsp3) is 0.278. The van der Waals surface area contributed by atoms with Crippen LogP contribution in [0.4, 0.5) is 5.69 Å². The second-order valence-corrected chi connectivity index (χ2v) is 8.12. The average molecular weight is 376 g/mol. The van der Waals surface area contributed by atoms with E-state index >= 15 is 0 Å². The van der Waals surface area contributed by atoms with Gasteiger partial charge in [0.25, 0.3) is 5.91 Å². The van der Waals surface area contributed by atoms with Crippen molar-refractivity contribution in [3.8, 4) is 11.5 Å². The maximum absolute atomic E-state index is 12.5. The molecule has 1 aliphatic rings. The highest BCUT2D eigenvalue weighted by Gasteiger charge is 2.17. The lowest BCUT2D eigenvalue weighted by molar-refractivity contribution is 0.0951. The minimum absolute atomic E-state index is 0.200. The van der Waals surface area contributed by atoms with Crippen LogP contribution in [-0.4, -0.2) is 34.4 Å². The number of ether oxygens (including phenoxy) is 2. The Balaban J connectivity index is 1.74. The first-order chi connectivity index (χ1) is 12.3. The lowest BCUT2D eigenvalue weighted by atomic mass is 10.1. The monoisotopic (exact) mass is 376 g/mol. The maximum atomic E-state index is 12.5. The van der Waals surface area contributed by atoms with Gasteiger partial charge in [0.2, 0.25) is 16.8 Å². The Morgan fingerprint density at radius 3 is 2.62 bits per heavy atom. The normalized spacial score (nSPS) is 12.7. The van der Waals surface area contributed by atoms with E-state index in [4.69, 9.17) is 9.47 Å². The van der Waals surface area contributed by atoms with Crippen LogP contribution in [0.25, 0.3) is 0 Å². The van der Waals surface area contributed by atoms with Crippen molar-refractivity contribution in [3.63, 3.8) is 0 Å². The number of benzene rings is 2. The number of nitrogens with zero attached hydrogens (tertiary/aromatic N) is 1. The van der Waals surface area contributed by atoms with Crippen LogP contribution in [-0.2, 0) is 16.6 Å². The number of nitrogens with one attached hydrogen (secondary N) is 1. The van der Waals surface area contributed by atoms with E-state index in [0.717, 1.165) is 21.7 Å². The van der Waals surface area contributed by atoms with Gasteiger partial charge in [-0.25, -0.2) is 8.42 Å². The number of amides is 1. The molecule has 0 atom stereocenters. The number of rotatable bonds is 5. The second kappa shape index (κ2) is 6.87. The summed E-state index contributed by atoms with van der Waals surface area (Å²) in [6, 6.07) is 10.4.